The molecule has 0 amide bonds. The molecule has 0 fully saturated rings. The summed E-state index contributed by atoms with van der Waals surface area (Å²) in [6.45, 7) is 0. The average Bonchev–Trinajstić information content (AvgIpc) is 3.35. The second-order valence-corrected chi connectivity index (χ2v) is 16.0. The molecule has 1 aromatic heterocycles. The van der Waals surface area contributed by atoms with Crippen molar-refractivity contribution in [1.29, 1.82) is 0 Å². The summed E-state index contributed by atoms with van der Waals surface area (Å²) < 4.78 is 0. The molecule has 1 unspecified atom stereocenters. The number of hydrogen-bond donors (Lipinski definition) is 1. The van der Waals surface area contributed by atoms with Crippen molar-refractivity contribution in [3.05, 3.63) is 235 Å². The van der Waals surface area contributed by atoms with Crippen LogP contribution < -0.4 is 5.32 Å². The fourth-order valence-electron chi connectivity index (χ4n) is 9.31. The third kappa shape index (κ3) is 6.20. The predicted octanol–water partition coefficient (Wildman–Crippen LogP) is 14.3. The molecule has 0 aliphatic carbocycles. The number of para-hydroxylation sites is 1. The number of rotatable bonds is 6. The minimum atomic E-state index is -0.319. The van der Waals surface area contributed by atoms with Crippen LogP contribution in [0.4, 0.5) is 0 Å². The quantitative estimate of drug-likeness (QED) is 0.135. The van der Waals surface area contributed by atoms with Crippen LogP contribution in [-0.4, -0.2) is 16.7 Å². The average molecular weight is 791 g/mol. The summed E-state index contributed by atoms with van der Waals surface area (Å²) in [7, 11) is 0. The summed E-state index contributed by atoms with van der Waals surface area (Å²) in [5.41, 5.74) is 10.7. The van der Waals surface area contributed by atoms with E-state index in [9.17, 15) is 0 Å². The first-order valence-electron chi connectivity index (χ1n) is 21.1. The molecule has 0 bridgehead atoms. The van der Waals surface area contributed by atoms with Gasteiger partial charge in [0.15, 0.2) is 5.84 Å². The van der Waals surface area contributed by atoms with E-state index in [4.69, 9.17) is 15.0 Å². The summed E-state index contributed by atoms with van der Waals surface area (Å²) in [6, 6.07) is 77.9. The predicted molar refractivity (Wildman–Crippen MR) is 260 cm³/mol. The van der Waals surface area contributed by atoms with Crippen LogP contribution in [0, 0.1) is 0 Å². The molecule has 1 atom stereocenters. The van der Waals surface area contributed by atoms with Crippen LogP contribution in [0.5, 0.6) is 0 Å². The Morgan fingerprint density at radius 2 is 0.968 bits per heavy atom. The van der Waals surface area contributed by atoms with Gasteiger partial charge in [-0.1, -0.05) is 182 Å². The van der Waals surface area contributed by atoms with Gasteiger partial charge in [0.1, 0.15) is 12.0 Å². The van der Waals surface area contributed by atoms with E-state index in [1.807, 2.05) is 24.3 Å². The molecule has 10 aromatic carbocycles. The molecule has 12 rings (SSSR count). The molecule has 11 aromatic rings. The maximum Gasteiger partial charge on any atom is 0.159 e. The Hall–Kier alpha value is -8.21. The largest absolute Gasteiger partial charge is 0.344 e. The van der Waals surface area contributed by atoms with Gasteiger partial charge in [0, 0.05) is 27.5 Å². The molecular formula is C58H38N4. The molecule has 0 spiro atoms. The Labute approximate surface area is 359 Å². The van der Waals surface area contributed by atoms with Gasteiger partial charge in [-0.25, -0.2) is 15.0 Å². The third-order valence-corrected chi connectivity index (χ3v) is 12.2. The summed E-state index contributed by atoms with van der Waals surface area (Å²) in [5.74, 6) is 1.47. The molecule has 4 heteroatoms. The van der Waals surface area contributed by atoms with Gasteiger partial charge >= 0.3 is 0 Å². The van der Waals surface area contributed by atoms with E-state index < -0.39 is 0 Å². The molecule has 1 aliphatic heterocycles. The number of nitrogens with zero attached hydrogens (tertiary/aromatic N) is 3. The summed E-state index contributed by atoms with van der Waals surface area (Å²) in [6.07, 6.45) is -0.319. The van der Waals surface area contributed by atoms with E-state index in [1.165, 1.54) is 43.3 Å². The van der Waals surface area contributed by atoms with Gasteiger partial charge in [0.05, 0.1) is 11.2 Å². The van der Waals surface area contributed by atoms with Crippen LogP contribution in [0.2, 0.25) is 0 Å². The van der Waals surface area contributed by atoms with E-state index in [-0.39, 0.29) is 6.17 Å². The van der Waals surface area contributed by atoms with Crippen LogP contribution >= 0.6 is 0 Å². The summed E-state index contributed by atoms with van der Waals surface area (Å²) >= 11 is 0. The van der Waals surface area contributed by atoms with Crippen molar-refractivity contribution in [1.82, 2.24) is 10.3 Å². The maximum absolute atomic E-state index is 5.29. The molecule has 1 aliphatic rings. The van der Waals surface area contributed by atoms with E-state index >= 15 is 0 Å². The minimum absolute atomic E-state index is 0.319. The second kappa shape index (κ2) is 14.8. The Bertz CT molecular complexity index is 3560. The monoisotopic (exact) mass is 790 g/mol. The zero-order valence-electron chi connectivity index (χ0n) is 33.7. The van der Waals surface area contributed by atoms with Gasteiger partial charge in [0.2, 0.25) is 0 Å². The highest BCUT2D eigenvalue weighted by Crippen LogP contribution is 2.41. The lowest BCUT2D eigenvalue weighted by Crippen LogP contribution is -2.33. The molecular weight excluding hydrogens is 753 g/mol. The van der Waals surface area contributed by atoms with Gasteiger partial charge in [-0.15, -0.1) is 0 Å². The molecule has 0 radical (unpaired) electrons. The second-order valence-electron chi connectivity index (χ2n) is 16.0. The number of aromatic nitrogens is 1. The Morgan fingerprint density at radius 1 is 0.371 bits per heavy atom. The van der Waals surface area contributed by atoms with Crippen molar-refractivity contribution >= 4 is 65.7 Å². The van der Waals surface area contributed by atoms with Gasteiger partial charge < -0.3 is 5.32 Å². The number of pyridine rings is 1. The SMILES string of the molecule is c1ccc(C2=NC(c3ccccc3)NC(c3cc(-c4cccc5cc(-c6nc7ccccc7c7ccccc67)ccc45)cc(-c4c5ccccc5cc5ccccc45)c3)=N2)cc1. The minimum Gasteiger partial charge on any atom is -0.344 e. The van der Waals surface area contributed by atoms with Crippen molar-refractivity contribution in [2.24, 2.45) is 9.98 Å². The highest BCUT2D eigenvalue weighted by molar-refractivity contribution is 6.17. The van der Waals surface area contributed by atoms with Crippen LogP contribution in [0.3, 0.4) is 0 Å². The van der Waals surface area contributed by atoms with E-state index in [2.05, 4.69) is 199 Å². The molecule has 1 N–H and O–H groups in total. The summed E-state index contributed by atoms with van der Waals surface area (Å²) in [5, 5.41) is 14.4. The lowest BCUT2D eigenvalue weighted by molar-refractivity contribution is 0.674. The first-order chi connectivity index (χ1) is 30.7. The Morgan fingerprint density at radius 3 is 1.74 bits per heavy atom. The molecule has 62 heavy (non-hydrogen) atoms. The topological polar surface area (TPSA) is 49.6 Å². The van der Waals surface area contributed by atoms with Gasteiger partial charge in [0.25, 0.3) is 0 Å². The van der Waals surface area contributed by atoms with Crippen molar-refractivity contribution < 1.29 is 0 Å². The standard InChI is InChI=1S/C58H38N4/c1-3-16-37(17-4-1)56-60-57(38-18-5-2-6-19-38)62-58(61-56)45-35-43(34-44(36-45)54-48-23-9-7-20-40(48)32-41-21-8-10-24-49(41)54)46-28-15-22-39-33-42(30-31-47(39)46)55-52-27-12-11-25-50(52)51-26-13-14-29-53(51)59-55/h1-36,56H,(H,60,61,62). The maximum atomic E-state index is 5.29. The normalized spacial score (nSPS) is 14.0. The molecule has 290 valence electrons. The smallest absolute Gasteiger partial charge is 0.159 e. The van der Waals surface area contributed by atoms with Crippen LogP contribution in [0.25, 0.3) is 87.5 Å². The first kappa shape index (κ1) is 35.7. The number of amidine groups is 2. The lowest BCUT2D eigenvalue weighted by Gasteiger charge is -2.24. The van der Waals surface area contributed by atoms with Crippen molar-refractivity contribution in [2.45, 2.75) is 6.17 Å². The Kier molecular flexibility index (Phi) is 8.53. The highest BCUT2D eigenvalue weighted by Gasteiger charge is 2.23. The van der Waals surface area contributed by atoms with Crippen LogP contribution in [0.15, 0.2) is 228 Å². The van der Waals surface area contributed by atoms with Crippen molar-refractivity contribution in [2.75, 3.05) is 0 Å². The van der Waals surface area contributed by atoms with Gasteiger partial charge in [-0.05, 0) is 102 Å². The van der Waals surface area contributed by atoms with E-state index in [0.29, 0.717) is 5.84 Å². The molecule has 2 heterocycles. The van der Waals surface area contributed by atoms with Crippen molar-refractivity contribution in [3.63, 3.8) is 0 Å². The lowest BCUT2D eigenvalue weighted by atomic mass is 9.88. The van der Waals surface area contributed by atoms with Gasteiger partial charge in [-0.3, -0.25) is 0 Å². The molecule has 0 saturated heterocycles. The van der Waals surface area contributed by atoms with E-state index in [0.717, 1.165) is 66.8 Å². The molecule has 0 saturated carbocycles. The first-order valence-corrected chi connectivity index (χ1v) is 21.1. The molecule has 4 nitrogen and oxygen atoms in total. The number of nitrogens with one attached hydrogen (secondary N) is 1. The fourth-order valence-corrected chi connectivity index (χ4v) is 9.31. The highest BCUT2D eigenvalue weighted by atomic mass is 15.2. The fraction of sp³-hybridized carbons (Fsp3) is 0.0172. The van der Waals surface area contributed by atoms with Crippen LogP contribution in [0.1, 0.15) is 22.9 Å². The number of benzene rings is 10. The third-order valence-electron chi connectivity index (χ3n) is 12.2. The number of aliphatic imine (C=N–C) groups is 2. The number of hydrogen-bond acceptors (Lipinski definition) is 4. The Balaban J connectivity index is 1.08. The van der Waals surface area contributed by atoms with Gasteiger partial charge in [-0.2, -0.15) is 0 Å². The van der Waals surface area contributed by atoms with Crippen LogP contribution in [-0.2, 0) is 0 Å². The zero-order chi connectivity index (χ0) is 41.0. The van der Waals surface area contributed by atoms with Crippen molar-refractivity contribution in [3.8, 4) is 33.5 Å². The number of fused-ring (bicyclic) bond motifs is 6. The summed E-state index contributed by atoms with van der Waals surface area (Å²) in [4.78, 5) is 15.7. The zero-order valence-corrected chi connectivity index (χ0v) is 33.7. The van der Waals surface area contributed by atoms with E-state index in [1.54, 1.807) is 0 Å².